The van der Waals surface area contributed by atoms with Crippen LogP contribution in [0.2, 0.25) is 10.0 Å². The fraction of sp³-hybridized carbons (Fsp3) is 0. The molecule has 0 saturated heterocycles. The van der Waals surface area contributed by atoms with Crippen molar-refractivity contribution in [1.29, 1.82) is 0 Å². The smallest absolute Gasteiger partial charge is 0.270 e. The van der Waals surface area contributed by atoms with Gasteiger partial charge in [0.25, 0.3) is 11.2 Å². The number of para-hydroxylation sites is 2. The number of halogens is 2. The number of rotatable bonds is 1. The van der Waals surface area contributed by atoms with Crippen LogP contribution in [0, 0.1) is 5.21 Å². The van der Waals surface area contributed by atoms with E-state index < -0.39 is 0 Å². The van der Waals surface area contributed by atoms with Crippen LogP contribution in [0.25, 0.3) is 27.9 Å². The maximum absolute atomic E-state index is 12.1. The average molecular weight is 332 g/mol. The number of benzene rings is 2. The Labute approximate surface area is 134 Å². The molecule has 0 N–H and O–H groups in total. The minimum atomic E-state index is 0.295. The van der Waals surface area contributed by atoms with E-state index in [-0.39, 0.29) is 0 Å². The third kappa shape index (κ3) is 1.81. The topological polar surface area (TPSA) is 70.0 Å². The highest BCUT2D eigenvalue weighted by molar-refractivity contribution is 6.39. The van der Waals surface area contributed by atoms with Gasteiger partial charge in [0.1, 0.15) is 11.2 Å². The Morgan fingerprint density at radius 2 is 1.73 bits per heavy atom. The zero-order valence-electron chi connectivity index (χ0n) is 10.9. The van der Waals surface area contributed by atoms with Crippen molar-refractivity contribution in [2.45, 2.75) is 0 Å². The summed E-state index contributed by atoms with van der Waals surface area (Å²) >= 11 is 12.4. The summed E-state index contributed by atoms with van der Waals surface area (Å²) < 4.78 is 1.50. The SMILES string of the molecule is [O-][n+]1nc2c(-c3c(Cl)cccc3Cl)nnn2c2ccccc21. The van der Waals surface area contributed by atoms with Gasteiger partial charge in [-0.15, -0.1) is 5.10 Å². The Hall–Kier alpha value is -2.44. The van der Waals surface area contributed by atoms with Crippen molar-refractivity contribution in [3.63, 3.8) is 0 Å². The van der Waals surface area contributed by atoms with Crippen LogP contribution in [0.3, 0.4) is 0 Å². The van der Waals surface area contributed by atoms with E-state index in [4.69, 9.17) is 23.2 Å². The first-order valence-electron chi connectivity index (χ1n) is 6.35. The molecule has 0 spiro atoms. The quantitative estimate of drug-likeness (QED) is 0.397. The zero-order chi connectivity index (χ0) is 15.3. The second kappa shape index (κ2) is 4.79. The predicted molar refractivity (Wildman–Crippen MR) is 82.7 cm³/mol. The van der Waals surface area contributed by atoms with Gasteiger partial charge < -0.3 is 5.21 Å². The molecule has 0 bridgehead atoms. The minimum absolute atomic E-state index is 0.295. The summed E-state index contributed by atoms with van der Waals surface area (Å²) in [6.07, 6.45) is 0. The van der Waals surface area contributed by atoms with Gasteiger partial charge >= 0.3 is 0 Å². The van der Waals surface area contributed by atoms with Crippen LogP contribution in [0.4, 0.5) is 0 Å². The molecule has 0 unspecified atom stereocenters. The van der Waals surface area contributed by atoms with Crippen LogP contribution in [0.5, 0.6) is 0 Å². The van der Waals surface area contributed by atoms with Gasteiger partial charge in [0.2, 0.25) is 0 Å². The number of hydrogen-bond donors (Lipinski definition) is 0. The Balaban J connectivity index is 2.14. The summed E-state index contributed by atoms with van der Waals surface area (Å²) in [7, 11) is 0. The van der Waals surface area contributed by atoms with Gasteiger partial charge in [0.05, 0.1) is 10.0 Å². The van der Waals surface area contributed by atoms with Crippen LogP contribution in [0.15, 0.2) is 42.5 Å². The lowest BCUT2D eigenvalue weighted by Gasteiger charge is -2.04. The molecule has 22 heavy (non-hydrogen) atoms. The molecule has 6 nitrogen and oxygen atoms in total. The highest BCUT2D eigenvalue weighted by Crippen LogP contribution is 2.35. The minimum Gasteiger partial charge on any atom is -0.594 e. The first-order valence-corrected chi connectivity index (χ1v) is 7.11. The van der Waals surface area contributed by atoms with Crippen LogP contribution < -0.4 is 4.85 Å². The summed E-state index contributed by atoms with van der Waals surface area (Å²) in [6, 6.07) is 12.1. The van der Waals surface area contributed by atoms with Crippen molar-refractivity contribution >= 4 is 39.9 Å². The molecular formula is C14H7Cl2N5O. The Morgan fingerprint density at radius 1 is 1.00 bits per heavy atom. The summed E-state index contributed by atoms with van der Waals surface area (Å²) in [6.45, 7) is 0. The van der Waals surface area contributed by atoms with E-state index in [2.05, 4.69) is 15.4 Å². The molecule has 4 aromatic rings. The van der Waals surface area contributed by atoms with Crippen molar-refractivity contribution in [1.82, 2.24) is 19.9 Å². The van der Waals surface area contributed by atoms with Crippen LogP contribution in [-0.4, -0.2) is 19.9 Å². The summed E-state index contributed by atoms with van der Waals surface area (Å²) in [5.41, 5.74) is 2.17. The largest absolute Gasteiger partial charge is 0.594 e. The van der Waals surface area contributed by atoms with Gasteiger partial charge in [-0.05, 0) is 23.0 Å². The van der Waals surface area contributed by atoms with E-state index in [0.717, 1.165) is 0 Å². The Morgan fingerprint density at radius 3 is 2.50 bits per heavy atom. The van der Waals surface area contributed by atoms with E-state index in [1.807, 2.05) is 6.07 Å². The highest BCUT2D eigenvalue weighted by Gasteiger charge is 2.21. The van der Waals surface area contributed by atoms with E-state index in [0.29, 0.717) is 42.8 Å². The third-order valence-corrected chi connectivity index (χ3v) is 3.98. The monoisotopic (exact) mass is 331 g/mol. The predicted octanol–water partition coefficient (Wildman–Crippen LogP) is 2.88. The normalized spacial score (nSPS) is 11.4. The third-order valence-electron chi connectivity index (χ3n) is 3.35. The van der Waals surface area contributed by atoms with Crippen LogP contribution >= 0.6 is 23.2 Å². The van der Waals surface area contributed by atoms with Crippen molar-refractivity contribution in [2.75, 3.05) is 0 Å². The lowest BCUT2D eigenvalue weighted by molar-refractivity contribution is -0.640. The zero-order valence-corrected chi connectivity index (χ0v) is 12.5. The number of fused-ring (bicyclic) bond motifs is 3. The molecule has 4 rings (SSSR count). The molecule has 0 atom stereocenters. The number of hydrogen-bond acceptors (Lipinski definition) is 4. The van der Waals surface area contributed by atoms with Gasteiger partial charge in [-0.1, -0.05) is 46.6 Å². The molecule has 2 heterocycles. The molecule has 2 aromatic carbocycles. The molecule has 0 fully saturated rings. The number of nitrogens with zero attached hydrogens (tertiary/aromatic N) is 5. The van der Waals surface area contributed by atoms with E-state index >= 15 is 0 Å². The van der Waals surface area contributed by atoms with E-state index in [1.165, 1.54) is 4.52 Å². The molecule has 0 aliphatic rings. The second-order valence-corrected chi connectivity index (χ2v) is 5.45. The molecular weight excluding hydrogens is 325 g/mol. The molecule has 108 valence electrons. The van der Waals surface area contributed by atoms with Crippen LogP contribution in [0.1, 0.15) is 0 Å². The van der Waals surface area contributed by atoms with Gasteiger partial charge in [0, 0.05) is 16.7 Å². The van der Waals surface area contributed by atoms with Crippen molar-refractivity contribution in [3.8, 4) is 11.3 Å². The average Bonchev–Trinajstić information content (AvgIpc) is 2.91. The highest BCUT2D eigenvalue weighted by atomic mass is 35.5. The Bertz CT molecular complexity index is 1010. The number of aromatic nitrogens is 5. The summed E-state index contributed by atoms with van der Waals surface area (Å²) in [5, 5.41) is 25.1. The Kier molecular flexibility index (Phi) is 2.88. The summed E-state index contributed by atoms with van der Waals surface area (Å²) in [4.78, 5) is 0.544. The fourth-order valence-corrected chi connectivity index (χ4v) is 2.94. The van der Waals surface area contributed by atoms with Crippen molar-refractivity contribution in [2.24, 2.45) is 0 Å². The van der Waals surface area contributed by atoms with Crippen molar-refractivity contribution < 1.29 is 4.85 Å². The van der Waals surface area contributed by atoms with Crippen LogP contribution in [-0.2, 0) is 0 Å². The maximum Gasteiger partial charge on any atom is 0.270 e. The van der Waals surface area contributed by atoms with Gasteiger partial charge in [-0.3, -0.25) is 0 Å². The first kappa shape index (κ1) is 13.2. The maximum atomic E-state index is 12.1. The molecule has 0 amide bonds. The van der Waals surface area contributed by atoms with Gasteiger partial charge in [-0.25, -0.2) is 0 Å². The molecule has 0 aliphatic carbocycles. The van der Waals surface area contributed by atoms with Crippen molar-refractivity contribution in [3.05, 3.63) is 57.7 Å². The molecule has 8 heteroatoms. The molecule has 0 saturated carbocycles. The second-order valence-electron chi connectivity index (χ2n) is 4.63. The summed E-state index contributed by atoms with van der Waals surface area (Å²) in [5.74, 6) is 0. The lowest BCUT2D eigenvalue weighted by Crippen LogP contribution is -2.33. The van der Waals surface area contributed by atoms with E-state index in [1.54, 1.807) is 36.4 Å². The van der Waals surface area contributed by atoms with Gasteiger partial charge in [0.15, 0.2) is 0 Å². The lowest BCUT2D eigenvalue weighted by atomic mass is 10.1. The fourth-order valence-electron chi connectivity index (χ4n) is 2.36. The van der Waals surface area contributed by atoms with E-state index in [9.17, 15) is 5.21 Å². The molecule has 0 aliphatic heterocycles. The molecule has 0 radical (unpaired) electrons. The molecule has 2 aromatic heterocycles. The van der Waals surface area contributed by atoms with Gasteiger partial charge in [-0.2, -0.15) is 4.52 Å². The standard InChI is InChI=1S/C14H7Cl2N5O/c15-8-4-3-5-9(16)12(8)13-14-18-21(22)11-7-2-1-6-10(11)20(14)19-17-13/h1-7H. The first-order chi connectivity index (χ1) is 10.7.